The van der Waals surface area contributed by atoms with E-state index in [0.717, 1.165) is 38.1 Å². The summed E-state index contributed by atoms with van der Waals surface area (Å²) in [7, 11) is 0. The number of benzene rings is 1. The summed E-state index contributed by atoms with van der Waals surface area (Å²) in [6.45, 7) is 4.30. The van der Waals surface area contributed by atoms with E-state index < -0.39 is 0 Å². The Balaban J connectivity index is 1.53. The van der Waals surface area contributed by atoms with Crippen molar-refractivity contribution < 1.29 is 9.21 Å². The van der Waals surface area contributed by atoms with E-state index in [9.17, 15) is 4.79 Å². The largest absolute Gasteiger partial charge is 0.467 e. The number of para-hydroxylation sites is 1. The molecule has 4 rings (SSSR count). The van der Waals surface area contributed by atoms with Crippen LogP contribution >= 0.6 is 0 Å². The van der Waals surface area contributed by atoms with Crippen LogP contribution in [0, 0.1) is 0 Å². The Bertz CT molecular complexity index is 762. The van der Waals surface area contributed by atoms with Crippen LogP contribution in [-0.4, -0.2) is 36.0 Å². The quantitative estimate of drug-likeness (QED) is 0.934. The molecule has 1 aromatic carbocycles. The van der Waals surface area contributed by atoms with Crippen molar-refractivity contribution in [3.63, 3.8) is 0 Å². The highest BCUT2D eigenvalue weighted by Crippen LogP contribution is 2.33. The minimum atomic E-state index is 0.0655. The fourth-order valence-corrected chi connectivity index (χ4v) is 3.95. The molecule has 2 aromatic rings. The van der Waals surface area contributed by atoms with Gasteiger partial charge in [0.15, 0.2) is 0 Å². The van der Waals surface area contributed by atoms with Crippen LogP contribution in [0.5, 0.6) is 0 Å². The maximum atomic E-state index is 12.9. The molecule has 3 heterocycles. The third kappa shape index (κ3) is 3.04. The number of amides is 1. The first kappa shape index (κ1) is 16.2. The summed E-state index contributed by atoms with van der Waals surface area (Å²) in [4.78, 5) is 17.1. The average Bonchev–Trinajstić information content (AvgIpc) is 3.20. The lowest BCUT2D eigenvalue weighted by Gasteiger charge is -2.30. The number of nitrogens with two attached hydrogens (primary N) is 1. The lowest BCUT2D eigenvalue weighted by molar-refractivity contribution is 0.0712. The van der Waals surface area contributed by atoms with E-state index in [0.29, 0.717) is 18.2 Å². The number of likely N-dealkylation sites (tertiary alicyclic amines) is 1. The molecule has 5 heteroatoms. The van der Waals surface area contributed by atoms with E-state index in [1.54, 1.807) is 12.3 Å². The van der Waals surface area contributed by atoms with E-state index >= 15 is 0 Å². The Morgan fingerprint density at radius 2 is 2.00 bits per heavy atom. The Morgan fingerprint density at radius 3 is 2.80 bits per heavy atom. The van der Waals surface area contributed by atoms with Crippen molar-refractivity contribution in [2.75, 3.05) is 18.0 Å². The Kier molecular flexibility index (Phi) is 4.25. The zero-order valence-corrected chi connectivity index (χ0v) is 14.6. The minimum Gasteiger partial charge on any atom is -0.467 e. The molecule has 2 aliphatic rings. The molecule has 0 bridgehead atoms. The van der Waals surface area contributed by atoms with Crippen molar-refractivity contribution >= 4 is 11.6 Å². The Labute approximate surface area is 148 Å². The van der Waals surface area contributed by atoms with E-state index in [2.05, 4.69) is 36.1 Å². The standard InChI is InChI=1S/C20H25N3O2/c1-14-12-15-4-2-3-5-18(15)23(14)13-19-17(8-11-25-19)20(24)22-9-6-16(21)7-10-22/h2-5,8,11,14,16H,6-7,9-10,12-13,21H2,1H3. The molecule has 0 saturated carbocycles. The van der Waals surface area contributed by atoms with E-state index in [4.69, 9.17) is 10.2 Å². The van der Waals surface area contributed by atoms with Gasteiger partial charge in [0.2, 0.25) is 0 Å². The normalized spacial score (nSPS) is 20.8. The number of rotatable bonds is 3. The van der Waals surface area contributed by atoms with Crippen molar-refractivity contribution in [2.45, 2.75) is 44.8 Å². The van der Waals surface area contributed by atoms with Gasteiger partial charge in [0, 0.05) is 30.9 Å². The summed E-state index contributed by atoms with van der Waals surface area (Å²) in [6, 6.07) is 10.9. The SMILES string of the molecule is CC1Cc2ccccc2N1Cc1occc1C(=O)N1CCC(N)CC1. The van der Waals surface area contributed by atoms with Crippen LogP contribution in [0.2, 0.25) is 0 Å². The number of carbonyl (C=O) groups is 1. The molecule has 2 N–H and O–H groups in total. The Hall–Kier alpha value is -2.27. The Morgan fingerprint density at radius 1 is 1.24 bits per heavy atom. The molecule has 0 spiro atoms. The van der Waals surface area contributed by atoms with Crippen molar-refractivity contribution in [1.82, 2.24) is 4.90 Å². The summed E-state index contributed by atoms with van der Waals surface area (Å²) in [5, 5.41) is 0. The van der Waals surface area contributed by atoms with Crippen LogP contribution in [0.3, 0.4) is 0 Å². The zero-order chi connectivity index (χ0) is 17.4. The van der Waals surface area contributed by atoms with E-state index in [-0.39, 0.29) is 11.9 Å². The van der Waals surface area contributed by atoms with Gasteiger partial charge in [-0.15, -0.1) is 0 Å². The first-order valence-electron chi connectivity index (χ1n) is 9.09. The van der Waals surface area contributed by atoms with E-state index in [1.165, 1.54) is 11.3 Å². The minimum absolute atomic E-state index is 0.0655. The van der Waals surface area contributed by atoms with Crippen LogP contribution in [0.1, 0.15) is 41.4 Å². The van der Waals surface area contributed by atoms with Crippen molar-refractivity contribution in [3.8, 4) is 0 Å². The maximum Gasteiger partial charge on any atom is 0.257 e. The molecular weight excluding hydrogens is 314 g/mol. The lowest BCUT2D eigenvalue weighted by atomic mass is 10.0. The van der Waals surface area contributed by atoms with Crippen LogP contribution in [0.15, 0.2) is 41.0 Å². The number of anilines is 1. The highest BCUT2D eigenvalue weighted by Gasteiger charge is 2.29. The molecule has 1 unspecified atom stereocenters. The zero-order valence-electron chi connectivity index (χ0n) is 14.6. The number of fused-ring (bicyclic) bond motifs is 1. The summed E-state index contributed by atoms with van der Waals surface area (Å²) >= 11 is 0. The number of carbonyl (C=O) groups excluding carboxylic acids is 1. The molecule has 1 aromatic heterocycles. The second-order valence-corrected chi connectivity index (χ2v) is 7.20. The van der Waals surface area contributed by atoms with Gasteiger partial charge in [0.25, 0.3) is 5.91 Å². The average molecular weight is 339 g/mol. The third-order valence-corrected chi connectivity index (χ3v) is 5.47. The molecule has 0 radical (unpaired) electrons. The van der Waals surface area contributed by atoms with Crippen molar-refractivity contribution in [1.29, 1.82) is 0 Å². The summed E-state index contributed by atoms with van der Waals surface area (Å²) < 4.78 is 5.71. The molecule has 5 nitrogen and oxygen atoms in total. The summed E-state index contributed by atoms with van der Waals surface area (Å²) in [5.41, 5.74) is 9.24. The molecule has 1 fully saturated rings. The van der Waals surface area contributed by atoms with Gasteiger partial charge < -0.3 is 20.0 Å². The molecule has 1 atom stereocenters. The predicted molar refractivity (Wildman–Crippen MR) is 97.6 cm³/mol. The monoisotopic (exact) mass is 339 g/mol. The second-order valence-electron chi connectivity index (χ2n) is 7.20. The van der Waals surface area contributed by atoms with Crippen LogP contribution < -0.4 is 10.6 Å². The highest BCUT2D eigenvalue weighted by atomic mass is 16.3. The topological polar surface area (TPSA) is 62.7 Å². The number of hydrogen-bond acceptors (Lipinski definition) is 4. The third-order valence-electron chi connectivity index (χ3n) is 5.47. The molecule has 2 aliphatic heterocycles. The molecular formula is C20H25N3O2. The summed E-state index contributed by atoms with van der Waals surface area (Å²) in [5.74, 6) is 0.819. The predicted octanol–water partition coefficient (Wildman–Crippen LogP) is 2.79. The summed E-state index contributed by atoms with van der Waals surface area (Å²) in [6.07, 6.45) is 4.40. The van der Waals surface area contributed by atoms with Gasteiger partial charge in [-0.1, -0.05) is 18.2 Å². The second kappa shape index (κ2) is 6.56. The van der Waals surface area contributed by atoms with Crippen LogP contribution in [-0.2, 0) is 13.0 Å². The van der Waals surface area contributed by atoms with Gasteiger partial charge in [-0.3, -0.25) is 4.79 Å². The van der Waals surface area contributed by atoms with E-state index in [1.807, 2.05) is 4.90 Å². The molecule has 25 heavy (non-hydrogen) atoms. The van der Waals surface area contributed by atoms with Crippen molar-refractivity contribution in [3.05, 3.63) is 53.5 Å². The van der Waals surface area contributed by atoms with Gasteiger partial charge >= 0.3 is 0 Å². The smallest absolute Gasteiger partial charge is 0.257 e. The van der Waals surface area contributed by atoms with Crippen LogP contribution in [0.4, 0.5) is 5.69 Å². The molecule has 1 amide bonds. The molecule has 1 saturated heterocycles. The number of piperidine rings is 1. The fraction of sp³-hybridized carbons (Fsp3) is 0.450. The van der Waals surface area contributed by atoms with Gasteiger partial charge in [0.1, 0.15) is 5.76 Å². The fourth-order valence-electron chi connectivity index (χ4n) is 3.95. The van der Waals surface area contributed by atoms with Crippen molar-refractivity contribution in [2.24, 2.45) is 5.73 Å². The molecule has 132 valence electrons. The first-order valence-corrected chi connectivity index (χ1v) is 9.09. The number of hydrogen-bond donors (Lipinski definition) is 1. The number of furan rings is 1. The highest BCUT2D eigenvalue weighted by molar-refractivity contribution is 5.95. The first-order chi connectivity index (χ1) is 12.1. The van der Waals surface area contributed by atoms with Gasteiger partial charge in [-0.25, -0.2) is 0 Å². The maximum absolute atomic E-state index is 12.9. The molecule has 0 aliphatic carbocycles. The number of nitrogens with zero attached hydrogens (tertiary/aromatic N) is 2. The van der Waals surface area contributed by atoms with Gasteiger partial charge in [-0.2, -0.15) is 0 Å². The van der Waals surface area contributed by atoms with Crippen LogP contribution in [0.25, 0.3) is 0 Å². The van der Waals surface area contributed by atoms with Gasteiger partial charge in [-0.05, 0) is 43.9 Å². The van der Waals surface area contributed by atoms with Gasteiger partial charge in [0.05, 0.1) is 18.4 Å². The lowest BCUT2D eigenvalue weighted by Crippen LogP contribution is -2.43.